The van der Waals surface area contributed by atoms with Gasteiger partial charge in [0.1, 0.15) is 5.75 Å². The van der Waals surface area contributed by atoms with Crippen LogP contribution in [0, 0.1) is 10.1 Å². The summed E-state index contributed by atoms with van der Waals surface area (Å²) in [7, 11) is 0. The Morgan fingerprint density at radius 1 is 1.19 bits per heavy atom. The molecule has 0 atom stereocenters. The van der Waals surface area contributed by atoms with Gasteiger partial charge in [-0.05, 0) is 36.6 Å². The van der Waals surface area contributed by atoms with Gasteiger partial charge in [-0.1, -0.05) is 18.2 Å². The third-order valence-electron chi connectivity index (χ3n) is 4.17. The fourth-order valence-corrected chi connectivity index (χ4v) is 2.75. The Hall–Kier alpha value is -3.42. The molecule has 1 amide bonds. The average Bonchev–Trinajstić information content (AvgIpc) is 3.49. The molecule has 0 bridgehead atoms. The Morgan fingerprint density at radius 3 is 2.59 bits per heavy atom. The lowest BCUT2D eigenvalue weighted by atomic mass is 10.1. The second kappa shape index (κ2) is 7.86. The molecule has 0 aromatic heterocycles. The Bertz CT molecular complexity index is 878. The molecule has 1 aliphatic carbocycles. The van der Waals surface area contributed by atoms with Crippen molar-refractivity contribution >= 4 is 17.6 Å². The second-order valence-electron chi connectivity index (χ2n) is 6.30. The molecule has 0 spiro atoms. The minimum atomic E-state index is -1.10. The molecule has 0 aliphatic heterocycles. The molecule has 0 radical (unpaired) electrons. The molecule has 0 unspecified atom stereocenters. The van der Waals surface area contributed by atoms with Gasteiger partial charge in [-0.2, -0.15) is 0 Å². The number of non-ortho nitro benzene ring substituents is 1. The van der Waals surface area contributed by atoms with Crippen LogP contribution in [0.1, 0.15) is 28.8 Å². The number of carbonyl (C=O) groups is 2. The van der Waals surface area contributed by atoms with Crippen LogP contribution in [0.4, 0.5) is 5.69 Å². The SMILES string of the molecule is O=C(O)COc1cccc(C(=O)N(Cc2cccc([N+](=O)[O-])c2)C2CC2)c1. The van der Waals surface area contributed by atoms with Crippen LogP contribution in [-0.2, 0) is 11.3 Å². The van der Waals surface area contributed by atoms with E-state index < -0.39 is 17.5 Å². The van der Waals surface area contributed by atoms with Crippen LogP contribution in [0.15, 0.2) is 48.5 Å². The van der Waals surface area contributed by atoms with E-state index >= 15 is 0 Å². The number of benzene rings is 2. The smallest absolute Gasteiger partial charge is 0.341 e. The number of amides is 1. The normalized spacial score (nSPS) is 13.0. The predicted molar refractivity (Wildman–Crippen MR) is 95.6 cm³/mol. The number of rotatable bonds is 8. The van der Waals surface area contributed by atoms with Gasteiger partial charge in [0.25, 0.3) is 11.6 Å². The summed E-state index contributed by atoms with van der Waals surface area (Å²) in [6, 6.07) is 12.7. The third kappa shape index (κ3) is 4.81. The third-order valence-corrected chi connectivity index (χ3v) is 4.17. The van der Waals surface area contributed by atoms with Gasteiger partial charge in [0.15, 0.2) is 6.61 Å². The Kier molecular flexibility index (Phi) is 5.35. The molecule has 1 saturated carbocycles. The molecule has 0 saturated heterocycles. The van der Waals surface area contributed by atoms with Gasteiger partial charge in [0.2, 0.25) is 0 Å². The molecule has 27 heavy (non-hydrogen) atoms. The Labute approximate surface area is 155 Å². The summed E-state index contributed by atoms with van der Waals surface area (Å²) in [5.41, 5.74) is 1.05. The summed E-state index contributed by atoms with van der Waals surface area (Å²) in [5.74, 6) is -1.02. The van der Waals surface area contributed by atoms with Gasteiger partial charge in [0.05, 0.1) is 4.92 Å². The van der Waals surface area contributed by atoms with Crippen LogP contribution in [-0.4, -0.2) is 39.5 Å². The topological polar surface area (TPSA) is 110 Å². The van der Waals surface area contributed by atoms with Gasteiger partial charge in [0, 0.05) is 30.3 Å². The van der Waals surface area contributed by atoms with E-state index in [0.29, 0.717) is 16.9 Å². The maximum atomic E-state index is 13.0. The van der Waals surface area contributed by atoms with Crippen molar-refractivity contribution in [2.24, 2.45) is 0 Å². The van der Waals surface area contributed by atoms with Gasteiger partial charge in [-0.15, -0.1) is 0 Å². The molecular formula is C19H18N2O6. The van der Waals surface area contributed by atoms with E-state index in [1.165, 1.54) is 18.2 Å². The largest absolute Gasteiger partial charge is 0.482 e. The highest BCUT2D eigenvalue weighted by Gasteiger charge is 2.33. The average molecular weight is 370 g/mol. The van der Waals surface area contributed by atoms with Gasteiger partial charge < -0.3 is 14.7 Å². The second-order valence-corrected chi connectivity index (χ2v) is 6.30. The van der Waals surface area contributed by atoms with E-state index in [4.69, 9.17) is 9.84 Å². The van der Waals surface area contributed by atoms with Crippen molar-refractivity contribution in [3.05, 3.63) is 69.8 Å². The number of aliphatic carboxylic acids is 1. The molecule has 2 aromatic rings. The number of nitro groups is 1. The van der Waals surface area contributed by atoms with Gasteiger partial charge >= 0.3 is 5.97 Å². The number of nitro benzene ring substituents is 1. The number of carboxylic acid groups (broad SMARTS) is 1. The lowest BCUT2D eigenvalue weighted by Gasteiger charge is -2.23. The molecule has 1 aliphatic rings. The number of carboxylic acids is 1. The van der Waals surface area contributed by atoms with E-state index in [9.17, 15) is 19.7 Å². The van der Waals surface area contributed by atoms with Crippen molar-refractivity contribution in [2.75, 3.05) is 6.61 Å². The number of carbonyl (C=O) groups excluding carboxylic acids is 1. The summed E-state index contributed by atoms with van der Waals surface area (Å²) in [6.07, 6.45) is 1.77. The van der Waals surface area contributed by atoms with Crippen molar-refractivity contribution in [2.45, 2.75) is 25.4 Å². The van der Waals surface area contributed by atoms with E-state index in [-0.39, 0.29) is 24.2 Å². The minimum Gasteiger partial charge on any atom is -0.482 e. The first-order valence-electron chi connectivity index (χ1n) is 8.43. The maximum absolute atomic E-state index is 13.0. The van der Waals surface area contributed by atoms with Crippen molar-refractivity contribution in [3.8, 4) is 5.75 Å². The van der Waals surface area contributed by atoms with E-state index in [1.54, 1.807) is 35.2 Å². The number of nitrogens with zero attached hydrogens (tertiary/aromatic N) is 2. The van der Waals surface area contributed by atoms with Crippen LogP contribution < -0.4 is 4.74 Å². The number of ether oxygens (including phenoxy) is 1. The summed E-state index contributed by atoms with van der Waals surface area (Å²) < 4.78 is 5.13. The highest BCUT2D eigenvalue weighted by atomic mass is 16.6. The van der Waals surface area contributed by atoms with Crippen molar-refractivity contribution < 1.29 is 24.4 Å². The van der Waals surface area contributed by atoms with Crippen molar-refractivity contribution in [3.63, 3.8) is 0 Å². The zero-order valence-corrected chi connectivity index (χ0v) is 14.4. The van der Waals surface area contributed by atoms with E-state index in [1.807, 2.05) is 0 Å². The minimum absolute atomic E-state index is 0.0141. The lowest BCUT2D eigenvalue weighted by molar-refractivity contribution is -0.384. The molecule has 8 nitrogen and oxygen atoms in total. The molecule has 3 rings (SSSR count). The summed E-state index contributed by atoms with van der Waals surface area (Å²) in [4.78, 5) is 35.8. The highest BCUT2D eigenvalue weighted by Crippen LogP contribution is 2.31. The quantitative estimate of drug-likeness (QED) is 0.565. The summed E-state index contributed by atoms with van der Waals surface area (Å²) >= 11 is 0. The maximum Gasteiger partial charge on any atom is 0.341 e. The summed E-state index contributed by atoms with van der Waals surface area (Å²) in [5, 5.41) is 19.7. The molecule has 8 heteroatoms. The van der Waals surface area contributed by atoms with E-state index in [0.717, 1.165) is 12.8 Å². The zero-order chi connectivity index (χ0) is 19.4. The van der Waals surface area contributed by atoms with Crippen LogP contribution in [0.25, 0.3) is 0 Å². The van der Waals surface area contributed by atoms with Crippen LogP contribution in [0.5, 0.6) is 5.75 Å². The number of hydrogen-bond acceptors (Lipinski definition) is 5. The van der Waals surface area contributed by atoms with Crippen molar-refractivity contribution in [1.82, 2.24) is 4.90 Å². The van der Waals surface area contributed by atoms with Gasteiger partial charge in [-0.3, -0.25) is 14.9 Å². The molecule has 140 valence electrons. The molecule has 1 N–H and O–H groups in total. The predicted octanol–water partition coefficient (Wildman–Crippen LogP) is 2.86. The highest BCUT2D eigenvalue weighted by molar-refractivity contribution is 5.95. The zero-order valence-electron chi connectivity index (χ0n) is 14.4. The van der Waals surface area contributed by atoms with E-state index in [2.05, 4.69) is 0 Å². The Morgan fingerprint density at radius 2 is 1.93 bits per heavy atom. The monoisotopic (exact) mass is 370 g/mol. The van der Waals surface area contributed by atoms with Crippen LogP contribution in [0.3, 0.4) is 0 Å². The Balaban J connectivity index is 1.78. The first kappa shape index (κ1) is 18.4. The molecule has 2 aromatic carbocycles. The lowest BCUT2D eigenvalue weighted by Crippen LogP contribution is -2.32. The molecule has 0 heterocycles. The van der Waals surface area contributed by atoms with Gasteiger partial charge in [-0.25, -0.2) is 4.79 Å². The first-order chi connectivity index (χ1) is 12.9. The van der Waals surface area contributed by atoms with Crippen LogP contribution in [0.2, 0.25) is 0 Å². The molecular weight excluding hydrogens is 352 g/mol. The number of hydrogen-bond donors (Lipinski definition) is 1. The van der Waals surface area contributed by atoms with Crippen molar-refractivity contribution in [1.29, 1.82) is 0 Å². The summed E-state index contributed by atoms with van der Waals surface area (Å²) in [6.45, 7) is -0.219. The fourth-order valence-electron chi connectivity index (χ4n) is 2.75. The first-order valence-corrected chi connectivity index (χ1v) is 8.43. The van der Waals surface area contributed by atoms with Crippen LogP contribution >= 0.6 is 0 Å². The fraction of sp³-hybridized carbons (Fsp3) is 0.263. The molecule has 1 fully saturated rings. The standard InChI is InChI=1S/C19H18N2O6/c22-18(23)12-27-17-6-2-4-14(10-17)19(24)20(15-7-8-15)11-13-3-1-5-16(9-13)21(25)26/h1-6,9-10,15H,7-8,11-12H2,(H,22,23).